The van der Waals surface area contributed by atoms with E-state index >= 15 is 0 Å². The third-order valence-electron chi connectivity index (χ3n) is 3.16. The van der Waals surface area contributed by atoms with E-state index in [9.17, 15) is 18.4 Å². The van der Waals surface area contributed by atoms with Gasteiger partial charge >= 0.3 is 5.97 Å². The van der Waals surface area contributed by atoms with Gasteiger partial charge in [-0.3, -0.25) is 4.79 Å². The normalized spacial score (nSPS) is 10.6. The molecular formula is C17H11F2NO4. The fourth-order valence-corrected chi connectivity index (χ4v) is 2.06. The average molecular weight is 331 g/mol. The molecule has 0 unspecified atom stereocenters. The molecule has 2 aromatic carbocycles. The molecule has 1 N–H and O–H groups in total. The summed E-state index contributed by atoms with van der Waals surface area (Å²) in [6.07, 6.45) is 0. The van der Waals surface area contributed by atoms with E-state index in [1.165, 1.54) is 12.1 Å². The van der Waals surface area contributed by atoms with E-state index < -0.39 is 30.1 Å². The van der Waals surface area contributed by atoms with Crippen molar-refractivity contribution in [1.82, 2.24) is 0 Å². The SMILES string of the molecule is O=C(COC(=O)c1cc2ccccc2o1)Nc1ccc(F)c(F)c1. The molecule has 0 saturated carbocycles. The molecule has 1 amide bonds. The number of halogens is 2. The highest BCUT2D eigenvalue weighted by molar-refractivity contribution is 5.96. The lowest BCUT2D eigenvalue weighted by molar-refractivity contribution is -0.119. The summed E-state index contributed by atoms with van der Waals surface area (Å²) in [5.74, 6) is -3.63. The molecule has 0 spiro atoms. The van der Waals surface area contributed by atoms with Gasteiger partial charge in [-0.05, 0) is 24.3 Å². The number of carbonyl (C=O) groups excluding carboxylic acids is 2. The largest absolute Gasteiger partial charge is 0.450 e. The zero-order chi connectivity index (χ0) is 17.1. The molecule has 1 aromatic heterocycles. The van der Waals surface area contributed by atoms with E-state index in [0.29, 0.717) is 5.58 Å². The maximum Gasteiger partial charge on any atom is 0.374 e. The fraction of sp³-hybridized carbons (Fsp3) is 0.0588. The summed E-state index contributed by atoms with van der Waals surface area (Å²) in [5, 5.41) is 3.02. The number of ether oxygens (including phenoxy) is 1. The van der Waals surface area contributed by atoms with Gasteiger partial charge in [0.1, 0.15) is 5.58 Å². The summed E-state index contributed by atoms with van der Waals surface area (Å²) in [6, 6.07) is 11.4. The van der Waals surface area contributed by atoms with Crippen molar-refractivity contribution in [3.8, 4) is 0 Å². The molecular weight excluding hydrogens is 320 g/mol. The molecule has 0 radical (unpaired) electrons. The van der Waals surface area contributed by atoms with E-state index in [0.717, 1.165) is 17.5 Å². The number of hydrogen-bond donors (Lipinski definition) is 1. The quantitative estimate of drug-likeness (QED) is 0.743. The number of anilines is 1. The number of carbonyl (C=O) groups is 2. The summed E-state index contributed by atoms with van der Waals surface area (Å²) >= 11 is 0. The number of benzene rings is 2. The number of para-hydroxylation sites is 1. The van der Waals surface area contributed by atoms with Crippen LogP contribution in [0.25, 0.3) is 11.0 Å². The Morgan fingerprint density at radius 2 is 1.83 bits per heavy atom. The van der Waals surface area contributed by atoms with Crippen LogP contribution in [0.5, 0.6) is 0 Å². The maximum absolute atomic E-state index is 13.0. The molecule has 0 aliphatic heterocycles. The first kappa shape index (κ1) is 15.7. The van der Waals surface area contributed by atoms with Crippen molar-refractivity contribution in [1.29, 1.82) is 0 Å². The fourth-order valence-electron chi connectivity index (χ4n) is 2.06. The Balaban J connectivity index is 1.59. The minimum Gasteiger partial charge on any atom is -0.450 e. The second-order valence-corrected chi connectivity index (χ2v) is 4.90. The molecule has 122 valence electrons. The Bertz CT molecular complexity index is 887. The molecule has 3 rings (SSSR count). The van der Waals surface area contributed by atoms with Gasteiger partial charge in [0, 0.05) is 17.1 Å². The average Bonchev–Trinajstić information content (AvgIpc) is 3.00. The van der Waals surface area contributed by atoms with Crippen LogP contribution in [0.15, 0.2) is 52.9 Å². The molecule has 0 aliphatic carbocycles. The van der Waals surface area contributed by atoms with Crippen LogP contribution in [0.2, 0.25) is 0 Å². The minimum atomic E-state index is -1.09. The van der Waals surface area contributed by atoms with Crippen LogP contribution in [0.4, 0.5) is 14.5 Å². The first-order valence-electron chi connectivity index (χ1n) is 6.93. The van der Waals surface area contributed by atoms with Crippen LogP contribution in [0, 0.1) is 11.6 Å². The number of rotatable bonds is 4. The van der Waals surface area contributed by atoms with Crippen LogP contribution in [0.1, 0.15) is 10.6 Å². The van der Waals surface area contributed by atoms with Gasteiger partial charge in [-0.1, -0.05) is 18.2 Å². The summed E-state index contributed by atoms with van der Waals surface area (Å²) < 4.78 is 36.0. The number of furan rings is 1. The van der Waals surface area contributed by atoms with Crippen LogP contribution >= 0.6 is 0 Å². The van der Waals surface area contributed by atoms with Crippen LogP contribution in [-0.2, 0) is 9.53 Å². The number of nitrogens with one attached hydrogen (secondary N) is 1. The van der Waals surface area contributed by atoms with Gasteiger partial charge in [-0.25, -0.2) is 13.6 Å². The first-order chi connectivity index (χ1) is 11.5. The molecule has 0 aliphatic rings. The van der Waals surface area contributed by atoms with E-state index in [2.05, 4.69) is 5.32 Å². The lowest BCUT2D eigenvalue weighted by atomic mass is 10.2. The van der Waals surface area contributed by atoms with Crippen molar-refractivity contribution >= 4 is 28.5 Å². The van der Waals surface area contributed by atoms with Crippen molar-refractivity contribution in [3.63, 3.8) is 0 Å². The molecule has 0 bridgehead atoms. The van der Waals surface area contributed by atoms with Crippen LogP contribution in [0.3, 0.4) is 0 Å². The highest BCUT2D eigenvalue weighted by atomic mass is 19.2. The predicted molar refractivity (Wildman–Crippen MR) is 81.5 cm³/mol. The van der Waals surface area contributed by atoms with E-state index in [1.807, 2.05) is 0 Å². The van der Waals surface area contributed by atoms with Crippen molar-refractivity contribution in [3.05, 3.63) is 65.9 Å². The Kier molecular flexibility index (Phi) is 4.24. The second-order valence-electron chi connectivity index (χ2n) is 4.90. The summed E-state index contributed by atoms with van der Waals surface area (Å²) in [5.41, 5.74) is 0.578. The Morgan fingerprint density at radius 3 is 2.58 bits per heavy atom. The topological polar surface area (TPSA) is 68.5 Å². The molecule has 0 saturated heterocycles. The number of fused-ring (bicyclic) bond motifs is 1. The van der Waals surface area contributed by atoms with E-state index in [4.69, 9.17) is 9.15 Å². The van der Waals surface area contributed by atoms with Crippen molar-refractivity contribution in [2.45, 2.75) is 0 Å². The number of amides is 1. The zero-order valence-corrected chi connectivity index (χ0v) is 12.2. The minimum absolute atomic E-state index is 0.0307. The Morgan fingerprint density at radius 1 is 1.04 bits per heavy atom. The molecule has 1 heterocycles. The van der Waals surface area contributed by atoms with E-state index in [1.54, 1.807) is 24.3 Å². The Labute approximate surface area is 134 Å². The second kappa shape index (κ2) is 6.49. The molecule has 7 heteroatoms. The predicted octanol–water partition coefficient (Wildman–Crippen LogP) is 3.51. The smallest absolute Gasteiger partial charge is 0.374 e. The van der Waals surface area contributed by atoms with Crippen molar-refractivity contribution in [2.24, 2.45) is 0 Å². The van der Waals surface area contributed by atoms with Crippen molar-refractivity contribution in [2.75, 3.05) is 11.9 Å². The van der Waals surface area contributed by atoms with Gasteiger partial charge in [0.05, 0.1) is 0 Å². The standard InChI is InChI=1S/C17H11F2NO4/c18-12-6-5-11(8-13(12)19)20-16(21)9-23-17(22)15-7-10-3-1-2-4-14(10)24-15/h1-8H,9H2,(H,20,21). The molecule has 24 heavy (non-hydrogen) atoms. The van der Waals surface area contributed by atoms with Crippen LogP contribution < -0.4 is 5.32 Å². The summed E-state index contributed by atoms with van der Waals surface area (Å²) in [7, 11) is 0. The van der Waals surface area contributed by atoms with Gasteiger partial charge in [-0.2, -0.15) is 0 Å². The van der Waals surface area contributed by atoms with Crippen LogP contribution in [-0.4, -0.2) is 18.5 Å². The monoisotopic (exact) mass is 331 g/mol. The lowest BCUT2D eigenvalue weighted by Crippen LogP contribution is -2.20. The molecule has 0 fully saturated rings. The maximum atomic E-state index is 13.0. The van der Waals surface area contributed by atoms with E-state index in [-0.39, 0.29) is 11.4 Å². The summed E-state index contributed by atoms with van der Waals surface area (Å²) in [6.45, 7) is -0.588. The molecule has 3 aromatic rings. The zero-order valence-electron chi connectivity index (χ0n) is 12.2. The van der Waals surface area contributed by atoms with Gasteiger partial charge < -0.3 is 14.5 Å². The first-order valence-corrected chi connectivity index (χ1v) is 6.93. The lowest BCUT2D eigenvalue weighted by Gasteiger charge is -2.06. The Hall–Kier alpha value is -3.22. The van der Waals surface area contributed by atoms with Gasteiger partial charge in [0.25, 0.3) is 5.91 Å². The summed E-state index contributed by atoms with van der Waals surface area (Å²) in [4.78, 5) is 23.5. The third kappa shape index (κ3) is 3.40. The van der Waals surface area contributed by atoms with Gasteiger partial charge in [-0.15, -0.1) is 0 Å². The highest BCUT2D eigenvalue weighted by Gasteiger charge is 2.15. The van der Waals surface area contributed by atoms with Gasteiger partial charge in [0.2, 0.25) is 5.76 Å². The number of hydrogen-bond acceptors (Lipinski definition) is 4. The molecule has 5 nitrogen and oxygen atoms in total. The highest BCUT2D eigenvalue weighted by Crippen LogP contribution is 2.19. The van der Waals surface area contributed by atoms with Crippen molar-refractivity contribution < 1.29 is 27.5 Å². The number of esters is 1. The van der Waals surface area contributed by atoms with Gasteiger partial charge in [0.15, 0.2) is 18.2 Å². The molecule has 0 atom stereocenters. The third-order valence-corrected chi connectivity index (χ3v) is 3.16.